The van der Waals surface area contributed by atoms with Crippen LogP contribution in [0.25, 0.3) is 0 Å². The van der Waals surface area contributed by atoms with E-state index in [-0.39, 0.29) is 5.91 Å². The second-order valence-corrected chi connectivity index (χ2v) is 3.74. The average molecular weight is 238 g/mol. The molecule has 16 heavy (non-hydrogen) atoms. The van der Waals surface area contributed by atoms with Gasteiger partial charge in [-0.05, 0) is 24.6 Å². The van der Waals surface area contributed by atoms with Gasteiger partial charge in [0.15, 0.2) is 0 Å². The average Bonchev–Trinajstić information content (AvgIpc) is 2.28. The molecule has 1 amide bonds. The van der Waals surface area contributed by atoms with E-state index in [2.05, 4.69) is 5.32 Å². The number of hydrogen-bond donors (Lipinski definition) is 2. The van der Waals surface area contributed by atoms with Crippen LogP contribution in [0.3, 0.4) is 0 Å². The fourth-order valence-corrected chi connectivity index (χ4v) is 1.30. The predicted octanol–water partition coefficient (Wildman–Crippen LogP) is 1.89. The van der Waals surface area contributed by atoms with Gasteiger partial charge in [0.05, 0.1) is 17.3 Å². The van der Waals surface area contributed by atoms with Crippen molar-refractivity contribution in [1.82, 2.24) is 0 Å². The molecule has 0 spiro atoms. The lowest BCUT2D eigenvalue weighted by Gasteiger charge is -2.11. The first kappa shape index (κ1) is 12.5. The molecule has 0 saturated carbocycles. The highest BCUT2D eigenvalue weighted by Gasteiger charge is 2.13. The lowest BCUT2D eigenvalue weighted by atomic mass is 10.1. The number of anilines is 1. The van der Waals surface area contributed by atoms with E-state index in [4.69, 9.17) is 22.6 Å². The topological polar surface area (TPSA) is 78.9 Å². The second kappa shape index (κ2) is 5.50. The molecule has 1 aromatic carbocycles. The Morgan fingerprint density at radius 2 is 2.38 bits per heavy atom. The first-order chi connectivity index (χ1) is 7.58. The third-order valence-electron chi connectivity index (χ3n) is 2.14. The zero-order chi connectivity index (χ0) is 12.1. The van der Waals surface area contributed by atoms with Crippen molar-refractivity contribution in [3.63, 3.8) is 0 Å². The van der Waals surface area contributed by atoms with E-state index in [1.807, 2.05) is 13.0 Å². The Morgan fingerprint density at radius 3 is 2.94 bits per heavy atom. The van der Waals surface area contributed by atoms with Gasteiger partial charge in [0.1, 0.15) is 6.07 Å². The summed E-state index contributed by atoms with van der Waals surface area (Å²) in [5, 5.41) is 11.9. The Kier molecular flexibility index (Phi) is 4.29. The van der Waals surface area contributed by atoms with E-state index in [1.165, 1.54) is 6.07 Å². The number of amides is 1. The highest BCUT2D eigenvalue weighted by atomic mass is 35.5. The first-order valence-electron chi connectivity index (χ1n) is 4.84. The highest BCUT2D eigenvalue weighted by Crippen LogP contribution is 2.20. The molecule has 0 heterocycles. The minimum atomic E-state index is -0.578. The summed E-state index contributed by atoms with van der Waals surface area (Å²) in [5.74, 6) is -0.318. The molecule has 0 aliphatic carbocycles. The summed E-state index contributed by atoms with van der Waals surface area (Å²) in [7, 11) is 0. The van der Waals surface area contributed by atoms with E-state index < -0.39 is 6.04 Å². The van der Waals surface area contributed by atoms with E-state index in [1.54, 1.807) is 12.1 Å². The molecular formula is C11H12ClN3O. The Hall–Kier alpha value is -1.57. The largest absolute Gasteiger partial charge is 0.323 e. The van der Waals surface area contributed by atoms with Crippen molar-refractivity contribution in [2.45, 2.75) is 19.4 Å². The lowest BCUT2D eigenvalue weighted by molar-refractivity contribution is -0.117. The SMILES string of the molecule is CCC(N)C(=O)Nc1cc(Cl)ccc1C#N. The molecule has 0 bridgehead atoms. The van der Waals surface area contributed by atoms with Crippen molar-refractivity contribution in [2.75, 3.05) is 5.32 Å². The monoisotopic (exact) mass is 237 g/mol. The molecule has 0 aliphatic heterocycles. The Balaban J connectivity index is 2.92. The zero-order valence-corrected chi connectivity index (χ0v) is 9.58. The number of nitrogens with two attached hydrogens (primary N) is 1. The van der Waals surface area contributed by atoms with Crippen molar-refractivity contribution in [1.29, 1.82) is 5.26 Å². The molecular weight excluding hydrogens is 226 g/mol. The fraction of sp³-hybridized carbons (Fsp3) is 0.273. The van der Waals surface area contributed by atoms with E-state index in [0.29, 0.717) is 22.7 Å². The molecule has 1 unspecified atom stereocenters. The summed E-state index contributed by atoms with van der Waals surface area (Å²) in [6, 6.07) is 6.06. The van der Waals surface area contributed by atoms with Gasteiger partial charge in [0, 0.05) is 5.02 Å². The van der Waals surface area contributed by atoms with Crippen molar-refractivity contribution in [3.05, 3.63) is 28.8 Å². The van der Waals surface area contributed by atoms with Crippen molar-refractivity contribution >= 4 is 23.2 Å². The minimum absolute atomic E-state index is 0.318. The standard InChI is InChI=1S/C11H12ClN3O/c1-2-9(14)11(16)15-10-5-8(12)4-3-7(10)6-13/h3-5,9H,2,14H2,1H3,(H,15,16). The molecule has 3 N–H and O–H groups in total. The quantitative estimate of drug-likeness (QED) is 0.843. The summed E-state index contributed by atoms with van der Waals surface area (Å²) in [5.41, 5.74) is 6.32. The fourth-order valence-electron chi connectivity index (χ4n) is 1.13. The predicted molar refractivity (Wildman–Crippen MR) is 63.1 cm³/mol. The Bertz CT molecular complexity index is 439. The highest BCUT2D eigenvalue weighted by molar-refractivity contribution is 6.31. The van der Waals surface area contributed by atoms with Crippen LogP contribution in [-0.2, 0) is 4.79 Å². The molecule has 4 nitrogen and oxygen atoms in total. The summed E-state index contributed by atoms with van der Waals surface area (Å²) >= 11 is 5.78. The number of nitrogens with zero attached hydrogens (tertiary/aromatic N) is 1. The smallest absolute Gasteiger partial charge is 0.241 e. The van der Waals surface area contributed by atoms with Crippen molar-refractivity contribution < 1.29 is 4.79 Å². The Morgan fingerprint density at radius 1 is 1.69 bits per heavy atom. The summed E-state index contributed by atoms with van der Waals surface area (Å²) in [4.78, 5) is 11.5. The molecule has 84 valence electrons. The van der Waals surface area contributed by atoms with Crippen LogP contribution in [0, 0.1) is 11.3 Å². The number of benzene rings is 1. The van der Waals surface area contributed by atoms with Gasteiger partial charge in [-0.25, -0.2) is 0 Å². The zero-order valence-electron chi connectivity index (χ0n) is 8.83. The molecule has 0 aromatic heterocycles. The molecule has 1 aromatic rings. The second-order valence-electron chi connectivity index (χ2n) is 3.31. The van der Waals surface area contributed by atoms with E-state index >= 15 is 0 Å². The number of hydrogen-bond acceptors (Lipinski definition) is 3. The third-order valence-corrected chi connectivity index (χ3v) is 2.37. The molecule has 0 fully saturated rings. The maximum Gasteiger partial charge on any atom is 0.241 e. The van der Waals surface area contributed by atoms with E-state index in [0.717, 1.165) is 0 Å². The van der Waals surface area contributed by atoms with Crippen LogP contribution in [0.4, 0.5) is 5.69 Å². The van der Waals surface area contributed by atoms with Gasteiger partial charge >= 0.3 is 0 Å². The number of carbonyl (C=O) groups is 1. The van der Waals surface area contributed by atoms with Crippen LogP contribution < -0.4 is 11.1 Å². The number of carbonyl (C=O) groups excluding carboxylic acids is 1. The van der Waals surface area contributed by atoms with Crippen molar-refractivity contribution in [2.24, 2.45) is 5.73 Å². The maximum atomic E-state index is 11.5. The van der Waals surface area contributed by atoms with Crippen LogP contribution in [0.15, 0.2) is 18.2 Å². The van der Waals surface area contributed by atoms with Crippen LogP contribution in [0.1, 0.15) is 18.9 Å². The summed E-state index contributed by atoms with van der Waals surface area (Å²) in [6.07, 6.45) is 0.536. The Labute approximate surface area is 99.0 Å². The number of nitriles is 1. The molecule has 5 heteroatoms. The van der Waals surface area contributed by atoms with Gasteiger partial charge in [-0.15, -0.1) is 0 Å². The van der Waals surface area contributed by atoms with Gasteiger partial charge in [-0.3, -0.25) is 4.79 Å². The van der Waals surface area contributed by atoms with Gasteiger partial charge in [-0.2, -0.15) is 5.26 Å². The van der Waals surface area contributed by atoms with Gasteiger partial charge in [0.2, 0.25) is 5.91 Å². The molecule has 1 rings (SSSR count). The lowest BCUT2D eigenvalue weighted by Crippen LogP contribution is -2.35. The van der Waals surface area contributed by atoms with Gasteiger partial charge in [0.25, 0.3) is 0 Å². The number of nitrogens with one attached hydrogen (secondary N) is 1. The van der Waals surface area contributed by atoms with Gasteiger partial charge < -0.3 is 11.1 Å². The van der Waals surface area contributed by atoms with Crippen LogP contribution >= 0.6 is 11.6 Å². The van der Waals surface area contributed by atoms with Crippen LogP contribution in [0.5, 0.6) is 0 Å². The molecule has 1 atom stereocenters. The van der Waals surface area contributed by atoms with Crippen molar-refractivity contribution in [3.8, 4) is 6.07 Å². The normalized spacial score (nSPS) is 11.6. The molecule has 0 radical (unpaired) electrons. The maximum absolute atomic E-state index is 11.5. The molecule has 0 saturated heterocycles. The van der Waals surface area contributed by atoms with Gasteiger partial charge in [-0.1, -0.05) is 18.5 Å². The summed E-state index contributed by atoms with van der Waals surface area (Å²) < 4.78 is 0. The number of halogens is 1. The van der Waals surface area contributed by atoms with E-state index in [9.17, 15) is 4.79 Å². The number of rotatable bonds is 3. The first-order valence-corrected chi connectivity index (χ1v) is 5.22. The minimum Gasteiger partial charge on any atom is -0.323 e. The molecule has 0 aliphatic rings. The van der Waals surface area contributed by atoms with Crippen LogP contribution in [-0.4, -0.2) is 11.9 Å². The van der Waals surface area contributed by atoms with Crippen LogP contribution in [0.2, 0.25) is 5.02 Å². The third kappa shape index (κ3) is 2.96. The summed E-state index contributed by atoms with van der Waals surface area (Å²) in [6.45, 7) is 1.81.